The molecule has 0 saturated heterocycles. The molecule has 25 heavy (non-hydrogen) atoms. The number of unbranched alkanes of at least 4 members (excludes halogenated alkanes) is 1. The van der Waals surface area contributed by atoms with Gasteiger partial charge in [0.2, 0.25) is 5.91 Å². The summed E-state index contributed by atoms with van der Waals surface area (Å²) >= 11 is 6.25. The predicted octanol–water partition coefficient (Wildman–Crippen LogP) is 3.75. The number of carbonyl (C=O) groups is 2. The SMILES string of the molecule is CCCCN(CC)C(=O)c1cnn(-c2ccccc2Cl)c1NC(C)=O. The summed E-state index contributed by atoms with van der Waals surface area (Å²) < 4.78 is 1.49. The number of amides is 2. The molecule has 1 aromatic heterocycles. The Morgan fingerprint density at radius 2 is 2.00 bits per heavy atom. The molecule has 1 heterocycles. The average molecular weight is 363 g/mol. The molecule has 2 rings (SSSR count). The van der Waals surface area contributed by atoms with Crippen LogP contribution in [0.2, 0.25) is 5.02 Å². The molecular weight excluding hydrogens is 340 g/mol. The van der Waals surface area contributed by atoms with Crippen LogP contribution < -0.4 is 5.32 Å². The van der Waals surface area contributed by atoms with Crippen LogP contribution in [-0.2, 0) is 4.79 Å². The fourth-order valence-corrected chi connectivity index (χ4v) is 2.74. The highest BCUT2D eigenvalue weighted by Crippen LogP contribution is 2.26. The zero-order valence-electron chi connectivity index (χ0n) is 14.8. The Morgan fingerprint density at radius 3 is 2.60 bits per heavy atom. The van der Waals surface area contributed by atoms with Gasteiger partial charge in [-0.05, 0) is 25.5 Å². The number of benzene rings is 1. The Balaban J connectivity index is 2.47. The van der Waals surface area contributed by atoms with Gasteiger partial charge >= 0.3 is 0 Å². The first-order valence-electron chi connectivity index (χ1n) is 8.39. The summed E-state index contributed by atoms with van der Waals surface area (Å²) in [5.74, 6) is -0.0991. The van der Waals surface area contributed by atoms with Gasteiger partial charge in [-0.15, -0.1) is 0 Å². The number of hydrogen-bond acceptors (Lipinski definition) is 3. The number of rotatable bonds is 7. The molecule has 0 bridgehead atoms. The summed E-state index contributed by atoms with van der Waals surface area (Å²) in [5.41, 5.74) is 0.955. The van der Waals surface area contributed by atoms with Crippen LogP contribution in [0.5, 0.6) is 0 Å². The Hall–Kier alpha value is -2.34. The third kappa shape index (κ3) is 4.39. The zero-order valence-corrected chi connectivity index (χ0v) is 15.5. The van der Waals surface area contributed by atoms with Crippen LogP contribution in [-0.4, -0.2) is 39.6 Å². The van der Waals surface area contributed by atoms with E-state index in [0.29, 0.717) is 35.2 Å². The second kappa shape index (κ2) is 8.67. The Kier molecular flexibility index (Phi) is 6.58. The quantitative estimate of drug-likeness (QED) is 0.815. The van der Waals surface area contributed by atoms with E-state index in [4.69, 9.17) is 11.6 Å². The van der Waals surface area contributed by atoms with Crippen molar-refractivity contribution in [2.75, 3.05) is 18.4 Å². The Morgan fingerprint density at radius 1 is 1.28 bits per heavy atom. The molecule has 1 N–H and O–H groups in total. The minimum Gasteiger partial charge on any atom is -0.339 e. The van der Waals surface area contributed by atoms with Gasteiger partial charge in [0.05, 0.1) is 16.9 Å². The van der Waals surface area contributed by atoms with Crippen LogP contribution in [0.3, 0.4) is 0 Å². The lowest BCUT2D eigenvalue weighted by atomic mass is 10.2. The molecule has 7 heteroatoms. The van der Waals surface area contributed by atoms with Gasteiger partial charge in [-0.25, -0.2) is 4.68 Å². The molecule has 1 aromatic carbocycles. The van der Waals surface area contributed by atoms with Gasteiger partial charge in [-0.1, -0.05) is 37.1 Å². The standard InChI is InChI=1S/C18H23ClN4O2/c1-4-6-11-22(5-2)18(25)14-12-20-23(17(14)21-13(3)24)16-10-8-7-9-15(16)19/h7-10,12H,4-6,11H2,1-3H3,(H,21,24). The van der Waals surface area contributed by atoms with Crippen LogP contribution in [0.15, 0.2) is 30.5 Å². The lowest BCUT2D eigenvalue weighted by Crippen LogP contribution is -2.32. The molecular formula is C18H23ClN4O2. The fraction of sp³-hybridized carbons (Fsp3) is 0.389. The van der Waals surface area contributed by atoms with Crippen LogP contribution in [0.4, 0.5) is 5.82 Å². The van der Waals surface area contributed by atoms with E-state index in [9.17, 15) is 9.59 Å². The monoisotopic (exact) mass is 362 g/mol. The molecule has 0 radical (unpaired) electrons. The second-order valence-corrected chi connectivity index (χ2v) is 6.10. The minimum absolute atomic E-state index is 0.155. The van der Waals surface area contributed by atoms with Crippen molar-refractivity contribution in [3.63, 3.8) is 0 Å². The number of anilines is 1. The number of hydrogen-bond donors (Lipinski definition) is 1. The van der Waals surface area contributed by atoms with E-state index in [-0.39, 0.29) is 11.8 Å². The third-order valence-corrected chi connectivity index (χ3v) is 4.14. The molecule has 0 unspecified atom stereocenters. The summed E-state index contributed by atoms with van der Waals surface area (Å²) in [4.78, 5) is 26.3. The maximum absolute atomic E-state index is 12.9. The van der Waals surface area contributed by atoms with Crippen molar-refractivity contribution in [3.05, 3.63) is 41.0 Å². The van der Waals surface area contributed by atoms with E-state index < -0.39 is 0 Å². The molecule has 2 aromatic rings. The van der Waals surface area contributed by atoms with Crippen LogP contribution in [0.1, 0.15) is 44.0 Å². The van der Waals surface area contributed by atoms with Crippen LogP contribution >= 0.6 is 11.6 Å². The number of halogens is 1. The topological polar surface area (TPSA) is 67.2 Å². The molecule has 0 aliphatic carbocycles. The van der Waals surface area contributed by atoms with E-state index in [0.717, 1.165) is 12.8 Å². The highest BCUT2D eigenvalue weighted by atomic mass is 35.5. The van der Waals surface area contributed by atoms with Gasteiger partial charge in [0.15, 0.2) is 0 Å². The van der Waals surface area contributed by atoms with Gasteiger partial charge in [-0.2, -0.15) is 5.10 Å². The van der Waals surface area contributed by atoms with E-state index in [1.807, 2.05) is 19.1 Å². The molecule has 6 nitrogen and oxygen atoms in total. The summed E-state index contributed by atoms with van der Waals surface area (Å²) in [6, 6.07) is 7.14. The number of para-hydroxylation sites is 1. The van der Waals surface area contributed by atoms with Gasteiger partial charge < -0.3 is 10.2 Å². The largest absolute Gasteiger partial charge is 0.339 e. The molecule has 0 aliphatic heterocycles. The highest BCUT2D eigenvalue weighted by Gasteiger charge is 2.23. The molecule has 0 atom stereocenters. The molecule has 0 saturated carbocycles. The number of aromatic nitrogens is 2. The van der Waals surface area contributed by atoms with Crippen molar-refractivity contribution >= 4 is 29.2 Å². The Labute approximate surface area is 152 Å². The summed E-state index contributed by atoms with van der Waals surface area (Å²) in [6.07, 6.45) is 3.40. The summed E-state index contributed by atoms with van der Waals surface area (Å²) in [6.45, 7) is 6.67. The van der Waals surface area contributed by atoms with Crippen LogP contribution in [0, 0.1) is 0 Å². The van der Waals surface area contributed by atoms with Crippen molar-refractivity contribution in [3.8, 4) is 5.69 Å². The van der Waals surface area contributed by atoms with Crippen molar-refractivity contribution in [1.82, 2.24) is 14.7 Å². The lowest BCUT2D eigenvalue weighted by molar-refractivity contribution is -0.114. The maximum Gasteiger partial charge on any atom is 0.259 e. The van der Waals surface area contributed by atoms with Gasteiger partial charge in [0, 0.05) is 20.0 Å². The fourth-order valence-electron chi connectivity index (χ4n) is 2.52. The number of carbonyl (C=O) groups excluding carboxylic acids is 2. The van der Waals surface area contributed by atoms with E-state index in [1.165, 1.54) is 17.8 Å². The lowest BCUT2D eigenvalue weighted by Gasteiger charge is -2.21. The van der Waals surface area contributed by atoms with Crippen molar-refractivity contribution < 1.29 is 9.59 Å². The maximum atomic E-state index is 12.9. The number of nitrogens with one attached hydrogen (secondary N) is 1. The molecule has 0 fully saturated rings. The van der Waals surface area contributed by atoms with Gasteiger partial charge in [0.25, 0.3) is 5.91 Å². The number of nitrogens with zero attached hydrogens (tertiary/aromatic N) is 3. The van der Waals surface area contributed by atoms with E-state index >= 15 is 0 Å². The predicted molar refractivity (Wildman–Crippen MR) is 99.4 cm³/mol. The van der Waals surface area contributed by atoms with Crippen molar-refractivity contribution in [2.24, 2.45) is 0 Å². The minimum atomic E-state index is -0.278. The van der Waals surface area contributed by atoms with Crippen molar-refractivity contribution in [2.45, 2.75) is 33.6 Å². The van der Waals surface area contributed by atoms with Gasteiger partial charge in [-0.3, -0.25) is 9.59 Å². The highest BCUT2D eigenvalue weighted by molar-refractivity contribution is 6.32. The van der Waals surface area contributed by atoms with E-state index in [2.05, 4.69) is 17.3 Å². The smallest absolute Gasteiger partial charge is 0.259 e. The molecule has 2 amide bonds. The molecule has 134 valence electrons. The van der Waals surface area contributed by atoms with Crippen LogP contribution in [0.25, 0.3) is 5.69 Å². The first-order valence-corrected chi connectivity index (χ1v) is 8.77. The second-order valence-electron chi connectivity index (χ2n) is 5.69. The zero-order chi connectivity index (χ0) is 18.4. The van der Waals surface area contributed by atoms with Crippen molar-refractivity contribution in [1.29, 1.82) is 0 Å². The van der Waals surface area contributed by atoms with E-state index in [1.54, 1.807) is 17.0 Å². The first-order chi connectivity index (χ1) is 12.0. The summed E-state index contributed by atoms with van der Waals surface area (Å²) in [5, 5.41) is 7.49. The Bertz CT molecular complexity index is 757. The normalized spacial score (nSPS) is 10.6. The molecule has 0 spiro atoms. The molecule has 0 aliphatic rings. The first kappa shape index (κ1) is 19.0. The summed E-state index contributed by atoms with van der Waals surface area (Å²) in [7, 11) is 0. The third-order valence-electron chi connectivity index (χ3n) is 3.83. The van der Waals surface area contributed by atoms with Gasteiger partial charge in [0.1, 0.15) is 11.4 Å². The average Bonchev–Trinajstić information content (AvgIpc) is 2.98.